The predicted octanol–water partition coefficient (Wildman–Crippen LogP) is 3.14. The number of methoxy groups -OCH3 is 1. The smallest absolute Gasteiger partial charge is 0.340 e. The van der Waals surface area contributed by atoms with Crippen LogP contribution < -0.4 is 5.32 Å². The van der Waals surface area contributed by atoms with Crippen molar-refractivity contribution in [3.8, 4) is 0 Å². The second-order valence-corrected chi connectivity index (χ2v) is 6.43. The van der Waals surface area contributed by atoms with E-state index in [1.807, 2.05) is 24.3 Å². The molecule has 0 aliphatic carbocycles. The number of rotatable bonds is 5. The lowest BCUT2D eigenvalue weighted by molar-refractivity contribution is -0.113. The number of nitrogens with one attached hydrogen (secondary N) is 2. The van der Waals surface area contributed by atoms with Gasteiger partial charge in [-0.1, -0.05) is 23.9 Å². The summed E-state index contributed by atoms with van der Waals surface area (Å²) in [7, 11) is 1.31. The summed E-state index contributed by atoms with van der Waals surface area (Å²) in [5, 5.41) is 5.63. The van der Waals surface area contributed by atoms with Gasteiger partial charge in [-0.3, -0.25) is 4.79 Å². The highest BCUT2D eigenvalue weighted by atomic mass is 32.2. The first-order valence-corrected chi connectivity index (χ1v) is 8.57. The fourth-order valence-electron chi connectivity index (χ4n) is 1.97. The molecule has 23 heavy (non-hydrogen) atoms. The standard InChI is InChI=1S/C15H13N3O3S2/c1-21-14(20)9-6-7-22-13(9)18-12(19)8-23-15-16-10-4-2-3-5-11(10)17-15/h2-7H,8H2,1H3,(H,16,17)(H,18,19). The van der Waals surface area contributed by atoms with Crippen molar-refractivity contribution in [1.29, 1.82) is 0 Å². The molecule has 3 rings (SSSR count). The number of carbonyl (C=O) groups excluding carboxylic acids is 2. The van der Waals surface area contributed by atoms with Crippen molar-refractivity contribution in [2.45, 2.75) is 5.16 Å². The van der Waals surface area contributed by atoms with Gasteiger partial charge in [0.05, 0.1) is 29.5 Å². The molecule has 2 aromatic heterocycles. The number of hydrogen-bond acceptors (Lipinski definition) is 6. The molecule has 0 unspecified atom stereocenters. The Hall–Kier alpha value is -2.32. The Morgan fingerprint density at radius 2 is 2.17 bits per heavy atom. The third kappa shape index (κ3) is 3.54. The molecule has 0 aliphatic rings. The van der Waals surface area contributed by atoms with Gasteiger partial charge in [0.15, 0.2) is 5.16 Å². The quantitative estimate of drug-likeness (QED) is 0.547. The van der Waals surface area contributed by atoms with Crippen LogP contribution in [0.2, 0.25) is 0 Å². The number of anilines is 1. The maximum atomic E-state index is 12.0. The Balaban J connectivity index is 1.61. The predicted molar refractivity (Wildman–Crippen MR) is 91.1 cm³/mol. The first kappa shape index (κ1) is 15.6. The molecule has 0 aliphatic heterocycles. The summed E-state index contributed by atoms with van der Waals surface area (Å²) in [4.78, 5) is 31.2. The van der Waals surface area contributed by atoms with Crippen LogP contribution in [0.15, 0.2) is 40.9 Å². The molecule has 8 heteroatoms. The molecule has 6 nitrogen and oxygen atoms in total. The molecule has 0 spiro atoms. The number of aromatic nitrogens is 2. The van der Waals surface area contributed by atoms with E-state index >= 15 is 0 Å². The number of benzene rings is 1. The zero-order valence-corrected chi connectivity index (χ0v) is 13.8. The molecule has 0 radical (unpaired) electrons. The lowest BCUT2D eigenvalue weighted by atomic mass is 10.3. The van der Waals surface area contributed by atoms with Crippen molar-refractivity contribution in [2.24, 2.45) is 0 Å². The van der Waals surface area contributed by atoms with E-state index in [4.69, 9.17) is 0 Å². The highest BCUT2D eigenvalue weighted by Gasteiger charge is 2.15. The van der Waals surface area contributed by atoms with Gasteiger partial charge in [-0.25, -0.2) is 9.78 Å². The van der Waals surface area contributed by atoms with Crippen molar-refractivity contribution < 1.29 is 14.3 Å². The lowest BCUT2D eigenvalue weighted by Crippen LogP contribution is -2.15. The molecule has 2 N–H and O–H groups in total. The summed E-state index contributed by atoms with van der Waals surface area (Å²) in [6.45, 7) is 0. The minimum atomic E-state index is -0.466. The van der Waals surface area contributed by atoms with Crippen molar-refractivity contribution in [2.75, 3.05) is 18.2 Å². The summed E-state index contributed by atoms with van der Waals surface area (Å²) in [5.41, 5.74) is 2.16. The number of fused-ring (bicyclic) bond motifs is 1. The minimum absolute atomic E-state index is 0.193. The second-order valence-electron chi connectivity index (χ2n) is 4.55. The summed E-state index contributed by atoms with van der Waals surface area (Å²) < 4.78 is 4.68. The highest BCUT2D eigenvalue weighted by Crippen LogP contribution is 2.25. The van der Waals surface area contributed by atoms with Gasteiger partial charge in [0.25, 0.3) is 0 Å². The topological polar surface area (TPSA) is 84.1 Å². The fourth-order valence-corrected chi connectivity index (χ4v) is 3.45. The Morgan fingerprint density at radius 1 is 1.35 bits per heavy atom. The first-order valence-electron chi connectivity index (χ1n) is 6.70. The third-order valence-electron chi connectivity index (χ3n) is 3.03. The average Bonchev–Trinajstić information content (AvgIpc) is 3.18. The second kappa shape index (κ2) is 6.84. The Bertz CT molecular complexity index is 823. The van der Waals surface area contributed by atoms with Gasteiger partial charge in [0, 0.05) is 0 Å². The molecule has 1 amide bonds. The van der Waals surface area contributed by atoms with Crippen LogP contribution in [0.3, 0.4) is 0 Å². The van der Waals surface area contributed by atoms with Crippen LogP contribution in [0.5, 0.6) is 0 Å². The van der Waals surface area contributed by atoms with Gasteiger partial charge in [0.2, 0.25) is 5.91 Å². The van der Waals surface area contributed by atoms with Crippen molar-refractivity contribution >= 4 is 51.0 Å². The number of nitrogens with zero attached hydrogens (tertiary/aromatic N) is 1. The number of ether oxygens (including phenoxy) is 1. The Kier molecular flexibility index (Phi) is 4.63. The van der Waals surface area contributed by atoms with Crippen LogP contribution in [0.25, 0.3) is 11.0 Å². The average molecular weight is 347 g/mol. The lowest BCUT2D eigenvalue weighted by Gasteiger charge is -2.04. The Labute approximate surface area is 140 Å². The largest absolute Gasteiger partial charge is 0.465 e. The summed E-state index contributed by atoms with van der Waals surface area (Å²) in [5.74, 6) is -0.479. The molecule has 2 heterocycles. The van der Waals surface area contributed by atoms with Crippen molar-refractivity contribution in [1.82, 2.24) is 9.97 Å². The van der Waals surface area contributed by atoms with Crippen LogP contribution in [-0.4, -0.2) is 34.7 Å². The van der Waals surface area contributed by atoms with E-state index in [1.54, 1.807) is 11.4 Å². The SMILES string of the molecule is COC(=O)c1ccsc1NC(=O)CSc1nc2ccccc2[nH]1. The molecule has 3 aromatic rings. The van der Waals surface area contributed by atoms with Crippen LogP contribution >= 0.6 is 23.1 Å². The monoisotopic (exact) mass is 347 g/mol. The fraction of sp³-hybridized carbons (Fsp3) is 0.133. The van der Waals surface area contributed by atoms with Crippen LogP contribution in [0.4, 0.5) is 5.00 Å². The number of thioether (sulfide) groups is 1. The molecular weight excluding hydrogens is 334 g/mol. The van der Waals surface area contributed by atoms with Gasteiger partial charge in [-0.15, -0.1) is 11.3 Å². The van der Waals surface area contributed by atoms with Gasteiger partial charge < -0.3 is 15.0 Å². The van der Waals surface area contributed by atoms with Gasteiger partial charge in [0.1, 0.15) is 5.00 Å². The van der Waals surface area contributed by atoms with E-state index in [9.17, 15) is 9.59 Å². The zero-order chi connectivity index (χ0) is 16.2. The molecule has 118 valence electrons. The number of amides is 1. The van der Waals surface area contributed by atoms with Crippen LogP contribution in [0, 0.1) is 0 Å². The summed E-state index contributed by atoms with van der Waals surface area (Å²) in [6, 6.07) is 9.30. The zero-order valence-electron chi connectivity index (χ0n) is 12.2. The number of para-hydroxylation sites is 2. The van der Waals surface area contributed by atoms with Crippen LogP contribution in [0.1, 0.15) is 10.4 Å². The van der Waals surface area contributed by atoms with E-state index in [1.165, 1.54) is 30.2 Å². The molecule has 0 bridgehead atoms. The molecule has 0 saturated heterocycles. The number of H-pyrrole nitrogens is 1. The number of imidazole rings is 1. The Morgan fingerprint density at radius 3 is 2.96 bits per heavy atom. The number of aromatic amines is 1. The molecule has 1 aromatic carbocycles. The summed E-state index contributed by atoms with van der Waals surface area (Å²) >= 11 is 2.59. The van der Waals surface area contributed by atoms with E-state index in [0.29, 0.717) is 15.7 Å². The molecular formula is C15H13N3O3S2. The molecule has 0 fully saturated rings. The van der Waals surface area contributed by atoms with Gasteiger partial charge >= 0.3 is 5.97 Å². The van der Waals surface area contributed by atoms with E-state index in [2.05, 4.69) is 20.0 Å². The third-order valence-corrected chi connectivity index (χ3v) is 4.73. The van der Waals surface area contributed by atoms with Gasteiger partial charge in [-0.05, 0) is 23.6 Å². The van der Waals surface area contributed by atoms with E-state index in [0.717, 1.165) is 11.0 Å². The molecule has 0 saturated carbocycles. The summed E-state index contributed by atoms with van der Waals surface area (Å²) in [6.07, 6.45) is 0. The van der Waals surface area contributed by atoms with Crippen molar-refractivity contribution in [3.63, 3.8) is 0 Å². The number of thiophene rings is 1. The number of esters is 1. The van der Waals surface area contributed by atoms with Gasteiger partial charge in [-0.2, -0.15) is 0 Å². The first-order chi connectivity index (χ1) is 11.2. The maximum Gasteiger partial charge on any atom is 0.340 e. The van der Waals surface area contributed by atoms with Crippen LogP contribution in [-0.2, 0) is 9.53 Å². The molecule has 0 atom stereocenters. The number of hydrogen-bond donors (Lipinski definition) is 2. The highest BCUT2D eigenvalue weighted by molar-refractivity contribution is 7.99. The van der Waals surface area contributed by atoms with E-state index in [-0.39, 0.29) is 11.7 Å². The van der Waals surface area contributed by atoms with Crippen molar-refractivity contribution in [3.05, 3.63) is 41.3 Å². The van der Waals surface area contributed by atoms with E-state index < -0.39 is 5.97 Å². The maximum absolute atomic E-state index is 12.0. The normalized spacial score (nSPS) is 10.7. The minimum Gasteiger partial charge on any atom is -0.465 e. The number of carbonyl (C=O) groups is 2.